The summed E-state index contributed by atoms with van der Waals surface area (Å²) in [4.78, 5) is 13.9. The van der Waals surface area contributed by atoms with E-state index in [2.05, 4.69) is 12.2 Å². The number of carbonyl (C=O) groups excluding carboxylic acids is 1. The molecule has 3 nitrogen and oxygen atoms in total. The van der Waals surface area contributed by atoms with Crippen molar-refractivity contribution in [3.05, 3.63) is 45.8 Å². The molecule has 1 aliphatic rings. The second kappa shape index (κ2) is 6.13. The van der Waals surface area contributed by atoms with Crippen LogP contribution in [0.15, 0.2) is 24.3 Å². The Hall–Kier alpha value is -1.81. The normalized spacial score (nSPS) is 17.1. The molecule has 3 N–H and O–H groups in total. The summed E-state index contributed by atoms with van der Waals surface area (Å²) in [5.41, 5.74) is 10.0. The van der Waals surface area contributed by atoms with Crippen LogP contribution < -0.4 is 11.1 Å². The molecular formula is C18H22N2OS. The van der Waals surface area contributed by atoms with Gasteiger partial charge in [0.25, 0.3) is 5.91 Å². The Morgan fingerprint density at radius 2 is 2.09 bits per heavy atom. The fourth-order valence-electron chi connectivity index (χ4n) is 3.10. The lowest BCUT2D eigenvalue weighted by Gasteiger charge is -2.21. The Labute approximate surface area is 135 Å². The summed E-state index contributed by atoms with van der Waals surface area (Å²) in [7, 11) is 0. The van der Waals surface area contributed by atoms with Crippen LogP contribution in [0.4, 0.5) is 10.7 Å². The number of benzene rings is 1. The molecule has 0 spiro atoms. The van der Waals surface area contributed by atoms with Crippen molar-refractivity contribution in [2.45, 2.75) is 39.5 Å². The molecule has 0 radical (unpaired) electrons. The highest BCUT2D eigenvalue weighted by atomic mass is 32.1. The first-order valence-electron chi connectivity index (χ1n) is 7.86. The summed E-state index contributed by atoms with van der Waals surface area (Å²) in [5.74, 6) is 0.660. The van der Waals surface area contributed by atoms with Crippen molar-refractivity contribution in [2.24, 2.45) is 5.92 Å². The minimum atomic E-state index is -0.0752. The van der Waals surface area contributed by atoms with Crippen LogP contribution in [0, 0.1) is 12.8 Å². The van der Waals surface area contributed by atoms with Gasteiger partial charge in [-0.3, -0.25) is 4.79 Å². The summed E-state index contributed by atoms with van der Waals surface area (Å²) in [5, 5.41) is 3.63. The van der Waals surface area contributed by atoms with Crippen molar-refractivity contribution in [3.8, 4) is 0 Å². The summed E-state index contributed by atoms with van der Waals surface area (Å²) in [6.45, 7) is 4.26. The maximum atomic E-state index is 12.6. The Balaban J connectivity index is 1.84. The molecule has 4 heteroatoms. The van der Waals surface area contributed by atoms with Gasteiger partial charge in [0.1, 0.15) is 0 Å². The third-order valence-corrected chi connectivity index (χ3v) is 5.59. The number of rotatable bonds is 3. The number of carbonyl (C=O) groups is 1. The fraction of sp³-hybridized carbons (Fsp3) is 0.389. The maximum Gasteiger partial charge on any atom is 0.258 e. The van der Waals surface area contributed by atoms with Gasteiger partial charge in [-0.25, -0.2) is 0 Å². The summed E-state index contributed by atoms with van der Waals surface area (Å²) >= 11 is 1.59. The predicted octanol–water partition coefficient (Wildman–Crippen LogP) is 4.41. The van der Waals surface area contributed by atoms with Gasteiger partial charge in [0.05, 0.1) is 10.6 Å². The van der Waals surface area contributed by atoms with Gasteiger partial charge in [-0.2, -0.15) is 0 Å². The number of thiophene rings is 1. The quantitative estimate of drug-likeness (QED) is 0.882. The predicted molar refractivity (Wildman–Crippen MR) is 93.7 cm³/mol. The molecule has 0 saturated carbocycles. The molecular weight excluding hydrogens is 292 g/mol. The molecule has 116 valence electrons. The summed E-state index contributed by atoms with van der Waals surface area (Å²) in [6.07, 6.45) is 4.39. The van der Waals surface area contributed by atoms with Crippen molar-refractivity contribution in [1.82, 2.24) is 0 Å². The average molecular weight is 314 g/mol. The number of hydrogen-bond donors (Lipinski definition) is 2. The lowest BCUT2D eigenvalue weighted by atomic mass is 9.85. The molecule has 1 aromatic heterocycles. The molecule has 0 bridgehead atoms. The molecule has 2 aromatic rings. The molecule has 0 fully saturated rings. The molecule has 3 rings (SSSR count). The van der Waals surface area contributed by atoms with Crippen molar-refractivity contribution in [2.75, 3.05) is 11.1 Å². The van der Waals surface area contributed by atoms with Crippen LogP contribution in [-0.2, 0) is 12.8 Å². The molecule has 22 heavy (non-hydrogen) atoms. The summed E-state index contributed by atoms with van der Waals surface area (Å²) < 4.78 is 0. The first kappa shape index (κ1) is 15.1. The highest BCUT2D eigenvalue weighted by Gasteiger charge is 2.27. The molecule has 1 aliphatic carbocycles. The smallest absolute Gasteiger partial charge is 0.258 e. The Morgan fingerprint density at radius 1 is 1.36 bits per heavy atom. The molecule has 1 amide bonds. The highest BCUT2D eigenvalue weighted by Crippen LogP contribution is 2.39. The minimum Gasteiger partial charge on any atom is -0.390 e. The zero-order chi connectivity index (χ0) is 15.7. The largest absolute Gasteiger partial charge is 0.390 e. The van der Waals surface area contributed by atoms with Gasteiger partial charge in [0, 0.05) is 10.6 Å². The van der Waals surface area contributed by atoms with Crippen LogP contribution in [0.25, 0.3) is 0 Å². The van der Waals surface area contributed by atoms with E-state index < -0.39 is 0 Å². The van der Waals surface area contributed by atoms with Gasteiger partial charge < -0.3 is 11.1 Å². The number of nitrogen functional groups attached to an aromatic ring is 1. The van der Waals surface area contributed by atoms with Gasteiger partial charge in [0.15, 0.2) is 0 Å². The molecule has 1 heterocycles. The molecule has 1 unspecified atom stereocenters. The van der Waals surface area contributed by atoms with E-state index >= 15 is 0 Å². The van der Waals surface area contributed by atoms with E-state index in [0.29, 0.717) is 10.6 Å². The number of hydrogen-bond acceptors (Lipinski definition) is 3. The molecule has 1 atom stereocenters. The average Bonchev–Trinajstić information content (AvgIpc) is 2.84. The van der Waals surface area contributed by atoms with Crippen molar-refractivity contribution >= 4 is 27.9 Å². The number of nitrogens with two attached hydrogens (primary N) is 1. The van der Waals surface area contributed by atoms with Crippen molar-refractivity contribution < 1.29 is 4.79 Å². The third kappa shape index (κ3) is 2.88. The third-order valence-electron chi connectivity index (χ3n) is 4.51. The number of fused-ring (bicyclic) bond motifs is 1. The first-order chi connectivity index (χ1) is 10.6. The van der Waals surface area contributed by atoms with Crippen LogP contribution >= 0.6 is 11.3 Å². The Morgan fingerprint density at radius 3 is 2.77 bits per heavy atom. The van der Waals surface area contributed by atoms with Gasteiger partial charge in [-0.1, -0.05) is 31.0 Å². The zero-order valence-electron chi connectivity index (χ0n) is 13.1. The SMILES string of the molecule is CCC1CCc2c(sc(N)c2C(=O)Nc2ccc(C)cc2)C1. The van der Waals surface area contributed by atoms with Crippen LogP contribution in [0.3, 0.4) is 0 Å². The van der Waals surface area contributed by atoms with Crippen LogP contribution in [0.1, 0.15) is 46.1 Å². The van der Waals surface area contributed by atoms with Gasteiger partial charge in [-0.05, 0) is 49.8 Å². The molecule has 0 saturated heterocycles. The van der Waals surface area contributed by atoms with E-state index in [-0.39, 0.29) is 5.91 Å². The number of anilines is 2. The first-order valence-corrected chi connectivity index (χ1v) is 8.68. The number of nitrogens with one attached hydrogen (secondary N) is 1. The maximum absolute atomic E-state index is 12.6. The van der Waals surface area contributed by atoms with E-state index in [9.17, 15) is 4.79 Å². The Bertz CT molecular complexity index is 688. The minimum absolute atomic E-state index is 0.0752. The van der Waals surface area contributed by atoms with Gasteiger partial charge >= 0.3 is 0 Å². The van der Waals surface area contributed by atoms with E-state index in [1.165, 1.54) is 22.4 Å². The van der Waals surface area contributed by atoms with E-state index in [0.717, 1.165) is 30.9 Å². The standard InChI is InChI=1S/C18H22N2OS/c1-3-12-6-9-14-15(10-12)22-17(19)16(14)18(21)20-13-7-4-11(2)5-8-13/h4-5,7-8,12H,3,6,9-10,19H2,1-2H3,(H,20,21). The van der Waals surface area contributed by atoms with Crippen LogP contribution in [-0.4, -0.2) is 5.91 Å². The number of amides is 1. The van der Waals surface area contributed by atoms with Gasteiger partial charge in [-0.15, -0.1) is 11.3 Å². The zero-order valence-corrected chi connectivity index (χ0v) is 13.9. The van der Waals surface area contributed by atoms with E-state index in [1.807, 2.05) is 31.2 Å². The second-order valence-corrected chi connectivity index (χ2v) is 7.22. The van der Waals surface area contributed by atoms with Crippen LogP contribution in [0.2, 0.25) is 0 Å². The van der Waals surface area contributed by atoms with Crippen molar-refractivity contribution in [3.63, 3.8) is 0 Å². The highest BCUT2D eigenvalue weighted by molar-refractivity contribution is 7.16. The van der Waals surface area contributed by atoms with E-state index in [1.54, 1.807) is 11.3 Å². The lowest BCUT2D eigenvalue weighted by Crippen LogP contribution is -2.18. The van der Waals surface area contributed by atoms with Crippen LogP contribution in [0.5, 0.6) is 0 Å². The summed E-state index contributed by atoms with van der Waals surface area (Å²) in [6, 6.07) is 7.84. The topological polar surface area (TPSA) is 55.1 Å². The molecule has 0 aliphatic heterocycles. The van der Waals surface area contributed by atoms with E-state index in [4.69, 9.17) is 5.73 Å². The number of aryl methyl sites for hydroxylation is 1. The van der Waals surface area contributed by atoms with Crippen molar-refractivity contribution in [1.29, 1.82) is 0 Å². The second-order valence-electron chi connectivity index (χ2n) is 6.08. The fourth-order valence-corrected chi connectivity index (χ4v) is 4.33. The monoisotopic (exact) mass is 314 g/mol. The lowest BCUT2D eigenvalue weighted by molar-refractivity contribution is 0.102. The molecule has 1 aromatic carbocycles. The Kier molecular flexibility index (Phi) is 4.21. The van der Waals surface area contributed by atoms with Gasteiger partial charge in [0.2, 0.25) is 0 Å².